The number of aryl methyl sites for hydroxylation is 1. The highest BCUT2D eigenvalue weighted by atomic mass is 32.1. The molecule has 1 amide bonds. The molecular weight excluding hydrogens is 386 g/mol. The Morgan fingerprint density at radius 2 is 2.34 bits per heavy atom. The van der Waals surface area contributed by atoms with E-state index in [9.17, 15) is 4.79 Å². The van der Waals surface area contributed by atoms with Crippen molar-refractivity contribution in [1.82, 2.24) is 19.9 Å². The molecule has 8 heteroatoms. The number of nitrogens with one attached hydrogen (secondary N) is 1. The fourth-order valence-electron chi connectivity index (χ4n) is 3.47. The van der Waals surface area contributed by atoms with Gasteiger partial charge in [0.25, 0.3) is 0 Å². The van der Waals surface area contributed by atoms with Crippen LogP contribution in [0.2, 0.25) is 0 Å². The van der Waals surface area contributed by atoms with E-state index < -0.39 is 0 Å². The van der Waals surface area contributed by atoms with Crippen molar-refractivity contribution in [2.45, 2.75) is 26.2 Å². The smallest absolute Gasteiger partial charge is 0.246 e. The van der Waals surface area contributed by atoms with Crippen LogP contribution in [0.4, 0.5) is 10.9 Å². The van der Waals surface area contributed by atoms with Gasteiger partial charge in [0.1, 0.15) is 17.9 Å². The number of amides is 1. The van der Waals surface area contributed by atoms with Gasteiger partial charge in [-0.15, -0.1) is 11.3 Å². The summed E-state index contributed by atoms with van der Waals surface area (Å²) in [6, 6.07) is 5.60. The first-order valence-electron chi connectivity index (χ1n) is 9.66. The van der Waals surface area contributed by atoms with Gasteiger partial charge in [-0.1, -0.05) is 0 Å². The van der Waals surface area contributed by atoms with Gasteiger partial charge in [0.2, 0.25) is 5.91 Å². The largest absolute Gasteiger partial charge is 0.465 e. The summed E-state index contributed by atoms with van der Waals surface area (Å²) in [6.07, 6.45) is 11.2. The predicted octanol–water partition coefficient (Wildman–Crippen LogP) is 4.07. The monoisotopic (exact) mass is 409 g/mol. The van der Waals surface area contributed by atoms with Crippen LogP contribution in [0.1, 0.15) is 29.2 Å². The highest BCUT2D eigenvalue weighted by Gasteiger charge is 2.23. The molecular formula is C21H23N5O2S. The highest BCUT2D eigenvalue weighted by Crippen LogP contribution is 2.23. The van der Waals surface area contributed by atoms with Gasteiger partial charge in [0.15, 0.2) is 5.13 Å². The van der Waals surface area contributed by atoms with Crippen molar-refractivity contribution in [3.05, 3.63) is 59.4 Å². The maximum Gasteiger partial charge on any atom is 0.246 e. The second kappa shape index (κ2) is 9.00. The number of aromatic nitrogens is 3. The average molecular weight is 410 g/mol. The van der Waals surface area contributed by atoms with Crippen molar-refractivity contribution >= 4 is 34.3 Å². The number of thiazole rings is 1. The van der Waals surface area contributed by atoms with Crippen LogP contribution in [0, 0.1) is 12.8 Å². The number of rotatable bonds is 6. The first-order valence-corrected chi connectivity index (χ1v) is 10.5. The number of anilines is 2. The summed E-state index contributed by atoms with van der Waals surface area (Å²) in [5.74, 6) is 1.84. The molecule has 1 aliphatic heterocycles. The molecule has 1 N–H and O–H groups in total. The van der Waals surface area contributed by atoms with E-state index in [4.69, 9.17) is 4.42 Å². The number of hydrogen-bond donors (Lipinski definition) is 1. The zero-order valence-electron chi connectivity index (χ0n) is 16.2. The molecule has 3 aromatic heterocycles. The minimum absolute atomic E-state index is 0.0234. The van der Waals surface area contributed by atoms with Crippen molar-refractivity contribution in [3.63, 3.8) is 0 Å². The normalized spacial score (nSPS) is 17.0. The van der Waals surface area contributed by atoms with Crippen molar-refractivity contribution in [1.29, 1.82) is 0 Å². The zero-order valence-corrected chi connectivity index (χ0v) is 17.1. The third-order valence-electron chi connectivity index (χ3n) is 4.84. The summed E-state index contributed by atoms with van der Waals surface area (Å²) < 4.78 is 5.25. The highest BCUT2D eigenvalue weighted by molar-refractivity contribution is 7.15. The van der Waals surface area contributed by atoms with Gasteiger partial charge in [-0.3, -0.25) is 4.79 Å². The number of piperidine rings is 1. The average Bonchev–Trinajstić information content (AvgIpc) is 3.38. The van der Waals surface area contributed by atoms with Gasteiger partial charge in [-0.25, -0.2) is 15.0 Å². The molecule has 1 saturated heterocycles. The number of carbonyl (C=O) groups is 1. The SMILES string of the molecule is Cc1cnc(Nc2cc(CC3CCCN(C(=O)/C=C/c4ccco4)C3)ncn2)s1. The Hall–Kier alpha value is -3.00. The lowest BCUT2D eigenvalue weighted by atomic mass is 9.93. The molecule has 0 aromatic carbocycles. The van der Waals surface area contributed by atoms with Crippen LogP contribution < -0.4 is 5.32 Å². The molecule has 7 nitrogen and oxygen atoms in total. The molecule has 29 heavy (non-hydrogen) atoms. The molecule has 1 aliphatic rings. The van der Waals surface area contributed by atoms with Gasteiger partial charge >= 0.3 is 0 Å². The fraction of sp³-hybridized carbons (Fsp3) is 0.333. The summed E-state index contributed by atoms with van der Waals surface area (Å²) in [5, 5.41) is 4.06. The Morgan fingerprint density at radius 3 is 3.14 bits per heavy atom. The number of hydrogen-bond acceptors (Lipinski definition) is 7. The van der Waals surface area contributed by atoms with Crippen LogP contribution in [0.25, 0.3) is 6.08 Å². The third kappa shape index (κ3) is 5.29. The van der Waals surface area contributed by atoms with Crippen LogP contribution in [0.5, 0.6) is 0 Å². The standard InChI is InChI=1S/C21H23N5O2S/c1-15-12-22-21(29-15)25-19-11-17(23-14-24-19)10-16-4-2-8-26(13-16)20(27)7-6-18-5-3-9-28-18/h3,5-7,9,11-12,14,16H,2,4,8,10,13H2,1H3,(H,22,23,24,25)/b7-6+. The van der Waals surface area contributed by atoms with E-state index in [2.05, 4.69) is 20.3 Å². The Balaban J connectivity index is 1.35. The first kappa shape index (κ1) is 19.3. The molecule has 1 fully saturated rings. The molecule has 0 radical (unpaired) electrons. The first-order chi connectivity index (χ1) is 14.2. The van der Waals surface area contributed by atoms with Gasteiger partial charge in [-0.2, -0.15) is 0 Å². The van der Waals surface area contributed by atoms with E-state index in [1.165, 1.54) is 0 Å². The van der Waals surface area contributed by atoms with Crippen molar-refractivity contribution in [2.75, 3.05) is 18.4 Å². The second-order valence-corrected chi connectivity index (χ2v) is 8.38. The van der Waals surface area contributed by atoms with Crippen LogP contribution in [-0.4, -0.2) is 38.8 Å². The summed E-state index contributed by atoms with van der Waals surface area (Å²) in [4.78, 5) is 28.6. The minimum Gasteiger partial charge on any atom is -0.465 e. The van der Waals surface area contributed by atoms with E-state index >= 15 is 0 Å². The maximum absolute atomic E-state index is 12.5. The van der Waals surface area contributed by atoms with Crippen LogP contribution in [0.3, 0.4) is 0 Å². The number of carbonyl (C=O) groups excluding carboxylic acids is 1. The lowest BCUT2D eigenvalue weighted by molar-refractivity contribution is -0.127. The second-order valence-electron chi connectivity index (χ2n) is 7.14. The van der Waals surface area contributed by atoms with E-state index in [1.807, 2.05) is 36.2 Å². The maximum atomic E-state index is 12.5. The lowest BCUT2D eigenvalue weighted by Gasteiger charge is -2.32. The summed E-state index contributed by atoms with van der Waals surface area (Å²) in [5.41, 5.74) is 0.973. The molecule has 4 heterocycles. The molecule has 150 valence electrons. The summed E-state index contributed by atoms with van der Waals surface area (Å²) in [7, 11) is 0. The van der Waals surface area contributed by atoms with Gasteiger partial charge < -0.3 is 14.6 Å². The Labute approximate surface area is 173 Å². The molecule has 0 saturated carbocycles. The van der Waals surface area contributed by atoms with Crippen LogP contribution >= 0.6 is 11.3 Å². The molecule has 1 unspecified atom stereocenters. The van der Waals surface area contributed by atoms with E-state index in [1.54, 1.807) is 36.1 Å². The Kier molecular flexibility index (Phi) is 6.00. The molecule has 0 spiro atoms. The molecule has 4 rings (SSSR count). The van der Waals surface area contributed by atoms with Gasteiger partial charge in [0.05, 0.1) is 6.26 Å². The zero-order chi connectivity index (χ0) is 20.1. The molecule has 0 bridgehead atoms. The number of furan rings is 1. The number of nitrogens with zero attached hydrogens (tertiary/aromatic N) is 4. The lowest BCUT2D eigenvalue weighted by Crippen LogP contribution is -2.39. The third-order valence-corrected chi connectivity index (χ3v) is 5.67. The van der Waals surface area contributed by atoms with Gasteiger partial charge in [-0.05, 0) is 50.3 Å². The minimum atomic E-state index is 0.0234. The topological polar surface area (TPSA) is 84.2 Å². The number of likely N-dealkylation sites (tertiary alicyclic amines) is 1. The van der Waals surface area contributed by atoms with E-state index in [-0.39, 0.29) is 5.91 Å². The van der Waals surface area contributed by atoms with Crippen LogP contribution in [-0.2, 0) is 11.2 Å². The fourth-order valence-corrected chi connectivity index (χ4v) is 4.14. The summed E-state index contributed by atoms with van der Waals surface area (Å²) in [6.45, 7) is 3.55. The van der Waals surface area contributed by atoms with Crippen LogP contribution in [0.15, 0.2) is 47.5 Å². The van der Waals surface area contributed by atoms with Crippen molar-refractivity contribution in [2.24, 2.45) is 5.92 Å². The Bertz CT molecular complexity index is 983. The molecule has 0 aliphatic carbocycles. The molecule has 3 aromatic rings. The summed E-state index contributed by atoms with van der Waals surface area (Å²) >= 11 is 1.59. The van der Waals surface area contributed by atoms with E-state index in [0.717, 1.165) is 53.9 Å². The van der Waals surface area contributed by atoms with Crippen molar-refractivity contribution in [3.8, 4) is 0 Å². The Morgan fingerprint density at radius 1 is 1.41 bits per heavy atom. The van der Waals surface area contributed by atoms with Gasteiger partial charge in [0, 0.05) is 42.0 Å². The predicted molar refractivity (Wildman–Crippen MR) is 113 cm³/mol. The van der Waals surface area contributed by atoms with E-state index in [0.29, 0.717) is 11.7 Å². The van der Waals surface area contributed by atoms with Crippen molar-refractivity contribution < 1.29 is 9.21 Å². The quantitative estimate of drug-likeness (QED) is 0.618. The molecule has 1 atom stereocenters.